The van der Waals surface area contributed by atoms with Crippen molar-refractivity contribution in [1.82, 2.24) is 0 Å². The fourth-order valence-corrected chi connectivity index (χ4v) is 4.14. The molecule has 34 heavy (non-hydrogen) atoms. The molecule has 0 unspecified atom stereocenters. The van der Waals surface area contributed by atoms with Crippen LogP contribution < -0.4 is 5.32 Å². The third-order valence-corrected chi connectivity index (χ3v) is 6.18. The molecule has 0 aliphatic rings. The van der Waals surface area contributed by atoms with Crippen LogP contribution in [0.1, 0.15) is 72.3 Å². The predicted octanol–water partition coefficient (Wildman–Crippen LogP) is 9.13. The van der Waals surface area contributed by atoms with Crippen LogP contribution in [0.4, 0.5) is 5.69 Å². The Morgan fingerprint density at radius 1 is 0.912 bits per heavy atom. The van der Waals surface area contributed by atoms with Crippen molar-refractivity contribution in [2.75, 3.05) is 5.32 Å². The van der Waals surface area contributed by atoms with Crippen LogP contribution in [0.2, 0.25) is 10.0 Å². The Morgan fingerprint density at radius 2 is 1.53 bits per heavy atom. The van der Waals surface area contributed by atoms with Gasteiger partial charge >= 0.3 is 0 Å². The SMILES string of the molecule is CC.CC/C(C)=C(\c1ccc(Cl)cc1)c1cc(C)c(NC(=O)c2cc(C)cc(C)c2O)cc1Cl. The van der Waals surface area contributed by atoms with Gasteiger partial charge in [0.05, 0.1) is 10.6 Å². The Kier molecular flexibility index (Phi) is 9.78. The zero-order chi connectivity index (χ0) is 25.6. The highest BCUT2D eigenvalue weighted by atomic mass is 35.5. The predicted molar refractivity (Wildman–Crippen MR) is 147 cm³/mol. The maximum Gasteiger partial charge on any atom is 0.259 e. The van der Waals surface area contributed by atoms with Crippen molar-refractivity contribution in [2.24, 2.45) is 0 Å². The van der Waals surface area contributed by atoms with E-state index in [4.69, 9.17) is 23.2 Å². The summed E-state index contributed by atoms with van der Waals surface area (Å²) in [6.45, 7) is 13.8. The molecule has 0 aromatic heterocycles. The van der Waals surface area contributed by atoms with Crippen LogP contribution in [0, 0.1) is 20.8 Å². The average molecular weight is 498 g/mol. The molecule has 2 N–H and O–H groups in total. The number of amides is 1. The normalized spacial score (nSPS) is 11.3. The lowest BCUT2D eigenvalue weighted by Gasteiger charge is -2.18. The Balaban J connectivity index is 0.00000199. The smallest absolute Gasteiger partial charge is 0.259 e. The average Bonchev–Trinajstić information content (AvgIpc) is 2.81. The molecule has 0 atom stereocenters. The molecule has 0 bridgehead atoms. The largest absolute Gasteiger partial charge is 0.507 e. The highest BCUT2D eigenvalue weighted by molar-refractivity contribution is 6.33. The number of hydrogen-bond acceptors (Lipinski definition) is 2. The summed E-state index contributed by atoms with van der Waals surface area (Å²) in [6.07, 6.45) is 0.873. The van der Waals surface area contributed by atoms with E-state index in [1.165, 1.54) is 5.57 Å². The number of halogens is 2. The molecule has 0 aliphatic carbocycles. The van der Waals surface area contributed by atoms with Gasteiger partial charge < -0.3 is 10.4 Å². The standard InChI is InChI=1S/C27H27Cl2NO2.C2H6/c1-6-16(3)25(19-7-9-20(28)10-8-19)21-13-17(4)24(14-23(21)29)30-27(32)22-12-15(2)11-18(5)26(22)31;1-2/h7-14,31H,6H2,1-5H3,(H,30,32);1-2H3/b25-16+;. The van der Waals surface area contributed by atoms with Crippen molar-refractivity contribution in [3.8, 4) is 5.75 Å². The van der Waals surface area contributed by atoms with Crippen LogP contribution >= 0.6 is 23.2 Å². The molecule has 3 rings (SSSR count). The third kappa shape index (κ3) is 6.22. The van der Waals surface area contributed by atoms with Gasteiger partial charge in [-0.3, -0.25) is 4.79 Å². The lowest BCUT2D eigenvalue weighted by Crippen LogP contribution is -2.14. The quantitative estimate of drug-likeness (QED) is 0.369. The van der Waals surface area contributed by atoms with Crippen LogP contribution in [0.25, 0.3) is 5.57 Å². The Labute approximate surface area is 213 Å². The van der Waals surface area contributed by atoms with E-state index in [0.717, 1.165) is 34.2 Å². The molecular formula is C29H33Cl2NO2. The molecule has 0 fully saturated rings. The second kappa shape index (κ2) is 12.1. The first kappa shape index (κ1) is 27.5. The monoisotopic (exact) mass is 497 g/mol. The number of aryl methyl sites for hydroxylation is 3. The molecule has 3 nitrogen and oxygen atoms in total. The van der Waals surface area contributed by atoms with E-state index in [1.54, 1.807) is 19.1 Å². The number of benzene rings is 3. The first-order valence-corrected chi connectivity index (χ1v) is 12.3. The first-order valence-electron chi connectivity index (χ1n) is 11.5. The number of phenolic OH excluding ortho intramolecular Hbond substituents is 1. The summed E-state index contributed by atoms with van der Waals surface area (Å²) in [6, 6.07) is 15.0. The van der Waals surface area contributed by atoms with E-state index in [2.05, 4.69) is 19.2 Å². The minimum Gasteiger partial charge on any atom is -0.507 e. The van der Waals surface area contributed by atoms with Gasteiger partial charge in [0.2, 0.25) is 0 Å². The van der Waals surface area contributed by atoms with Crippen molar-refractivity contribution < 1.29 is 9.90 Å². The van der Waals surface area contributed by atoms with Crippen LogP contribution in [0.3, 0.4) is 0 Å². The van der Waals surface area contributed by atoms with Gasteiger partial charge in [-0.05, 0) is 92.3 Å². The highest BCUT2D eigenvalue weighted by Crippen LogP contribution is 2.37. The second-order valence-corrected chi connectivity index (χ2v) is 8.94. The number of hydrogen-bond donors (Lipinski definition) is 2. The third-order valence-electron chi connectivity index (χ3n) is 5.61. The first-order chi connectivity index (χ1) is 16.1. The molecule has 0 radical (unpaired) electrons. The summed E-state index contributed by atoms with van der Waals surface area (Å²) in [5.41, 5.74) is 7.48. The molecule has 3 aromatic carbocycles. The van der Waals surface area contributed by atoms with Gasteiger partial charge in [0.15, 0.2) is 0 Å². The van der Waals surface area contributed by atoms with E-state index in [1.807, 2.05) is 64.1 Å². The molecule has 0 aliphatic heterocycles. The molecule has 5 heteroatoms. The van der Waals surface area contributed by atoms with Gasteiger partial charge in [-0.25, -0.2) is 0 Å². The molecule has 1 amide bonds. The molecule has 0 heterocycles. The number of nitrogens with one attached hydrogen (secondary N) is 1. The van der Waals surface area contributed by atoms with E-state index >= 15 is 0 Å². The van der Waals surface area contributed by atoms with Gasteiger partial charge in [-0.1, -0.05) is 67.7 Å². The Hall–Kier alpha value is -2.75. The Morgan fingerprint density at radius 3 is 2.12 bits per heavy atom. The van der Waals surface area contributed by atoms with Gasteiger partial charge in [0.1, 0.15) is 5.75 Å². The maximum atomic E-state index is 12.9. The number of aromatic hydroxyl groups is 1. The van der Waals surface area contributed by atoms with Crippen molar-refractivity contribution in [2.45, 2.75) is 54.9 Å². The van der Waals surface area contributed by atoms with Crippen LogP contribution in [-0.2, 0) is 0 Å². The minimum absolute atomic E-state index is 0.0139. The van der Waals surface area contributed by atoms with Crippen LogP contribution in [0.15, 0.2) is 54.1 Å². The Bertz CT molecular complexity index is 1210. The number of phenols is 1. The molecule has 180 valence electrons. The highest BCUT2D eigenvalue weighted by Gasteiger charge is 2.18. The summed E-state index contributed by atoms with van der Waals surface area (Å²) >= 11 is 12.8. The van der Waals surface area contributed by atoms with Gasteiger partial charge in [-0.2, -0.15) is 0 Å². The zero-order valence-electron chi connectivity index (χ0n) is 20.9. The fraction of sp³-hybridized carbons (Fsp3) is 0.276. The number of rotatable bonds is 5. The van der Waals surface area contributed by atoms with E-state index in [0.29, 0.717) is 21.3 Å². The van der Waals surface area contributed by atoms with Gasteiger partial charge in [0.25, 0.3) is 5.91 Å². The van der Waals surface area contributed by atoms with Gasteiger partial charge in [-0.15, -0.1) is 0 Å². The van der Waals surface area contributed by atoms with Crippen LogP contribution in [-0.4, -0.2) is 11.0 Å². The zero-order valence-corrected chi connectivity index (χ0v) is 22.4. The van der Waals surface area contributed by atoms with Crippen molar-refractivity contribution >= 4 is 40.4 Å². The second-order valence-electron chi connectivity index (χ2n) is 8.09. The van der Waals surface area contributed by atoms with Gasteiger partial charge in [0, 0.05) is 16.3 Å². The number of allylic oxidation sites excluding steroid dienone is 1. The van der Waals surface area contributed by atoms with Crippen molar-refractivity contribution in [1.29, 1.82) is 0 Å². The number of carbonyl (C=O) groups excluding carboxylic acids is 1. The lowest BCUT2D eigenvalue weighted by atomic mass is 9.91. The summed E-state index contributed by atoms with van der Waals surface area (Å²) in [4.78, 5) is 12.9. The molecular weight excluding hydrogens is 465 g/mol. The van der Waals surface area contributed by atoms with Crippen LogP contribution in [0.5, 0.6) is 5.75 Å². The summed E-state index contributed by atoms with van der Waals surface area (Å²) in [5, 5.41) is 14.5. The lowest BCUT2D eigenvalue weighted by molar-refractivity contribution is 0.102. The van der Waals surface area contributed by atoms with Crippen molar-refractivity contribution in [3.63, 3.8) is 0 Å². The summed E-state index contributed by atoms with van der Waals surface area (Å²) in [5.74, 6) is -0.389. The fourth-order valence-electron chi connectivity index (χ4n) is 3.76. The van der Waals surface area contributed by atoms with E-state index in [-0.39, 0.29) is 17.2 Å². The number of carbonyl (C=O) groups is 1. The van der Waals surface area contributed by atoms with E-state index < -0.39 is 0 Å². The molecule has 3 aromatic rings. The summed E-state index contributed by atoms with van der Waals surface area (Å²) in [7, 11) is 0. The minimum atomic E-state index is -0.376. The number of anilines is 1. The molecule has 0 saturated heterocycles. The van der Waals surface area contributed by atoms with E-state index in [9.17, 15) is 9.90 Å². The molecule has 0 spiro atoms. The maximum absolute atomic E-state index is 12.9. The topological polar surface area (TPSA) is 49.3 Å². The van der Waals surface area contributed by atoms with Crippen molar-refractivity contribution in [3.05, 3.63) is 97.5 Å². The summed E-state index contributed by atoms with van der Waals surface area (Å²) < 4.78 is 0. The molecule has 0 saturated carbocycles.